The summed E-state index contributed by atoms with van der Waals surface area (Å²) in [6.45, 7) is 12.9. The Morgan fingerprint density at radius 2 is 0.656 bits per heavy atom. The fraction of sp³-hybridized carbons (Fsp3) is 0.709. The van der Waals surface area contributed by atoms with E-state index < -0.39 is 129 Å². The maximum absolute atomic E-state index is 13.9. The summed E-state index contributed by atoms with van der Waals surface area (Å²) >= 11 is 2.71. The van der Waals surface area contributed by atoms with Crippen LogP contribution in [0.4, 0.5) is 0 Å². The molecule has 0 unspecified atom stereocenters. The van der Waals surface area contributed by atoms with Crippen LogP contribution >= 0.6 is 45.3 Å². The van der Waals surface area contributed by atoms with Crippen LogP contribution in [0.25, 0.3) is 0 Å². The van der Waals surface area contributed by atoms with Gasteiger partial charge in [-0.15, -0.1) is 45.3 Å². The molecule has 0 spiro atoms. The van der Waals surface area contributed by atoms with Gasteiger partial charge in [-0.3, -0.25) is 0 Å². The van der Waals surface area contributed by atoms with Crippen molar-refractivity contribution in [2.45, 2.75) is 173 Å². The SMILES string of the molecule is CCN[C@H]1C[C@H](C)S(=O)(=O)c2sc(S(=O)(=O)CCCOCC(COCCCS(=O)(=O)c3cc4c(s3)S(=O)(=O)[C@@H](C)C[C@@H]4NCC)(COCCNS(=O)(=O)c3cc4c(s3)S(=O)(=O)[C@@H](C)C[C@@H]4NCC)COCCNS(=O)(=O)c3cc4c(s3)S(=O)(=O)[C@@H](C)C[C@@H]4NCC)cc21. The quantitative estimate of drug-likeness (QED) is 0.0332. The first-order chi connectivity index (χ1) is 43.5. The molecule has 0 fully saturated rings. The zero-order chi connectivity index (χ0) is 68.3. The third-order valence-corrected chi connectivity index (χ3v) is 41.0. The van der Waals surface area contributed by atoms with Gasteiger partial charge in [-0.2, -0.15) is 0 Å². The highest BCUT2D eigenvalue weighted by Crippen LogP contribution is 2.47. The van der Waals surface area contributed by atoms with E-state index in [1.807, 2.05) is 27.7 Å². The monoisotopic (exact) mass is 1530 g/mol. The summed E-state index contributed by atoms with van der Waals surface area (Å²) in [5, 5.41) is 9.98. The number of nitrogens with one attached hydrogen (secondary N) is 6. The number of fused-ring (bicyclic) bond motifs is 4. The molecule has 4 aromatic rings. The van der Waals surface area contributed by atoms with Gasteiger partial charge in [0.05, 0.1) is 77.6 Å². The summed E-state index contributed by atoms with van der Waals surface area (Å²) in [5.41, 5.74) is 0.118. The number of sulfone groups is 6. The summed E-state index contributed by atoms with van der Waals surface area (Å²) in [6, 6.07) is 3.99. The Hall–Kier alpha value is -2.00. The highest BCUT2D eigenvalue weighted by molar-refractivity contribution is 7.98. The lowest BCUT2D eigenvalue weighted by atomic mass is 9.92. The van der Waals surface area contributed by atoms with Gasteiger partial charge in [-0.05, 0) is 128 Å². The van der Waals surface area contributed by atoms with Gasteiger partial charge in [0.2, 0.25) is 20.0 Å². The molecule has 4 aromatic heterocycles. The van der Waals surface area contributed by atoms with E-state index in [-0.39, 0.29) is 150 Å². The van der Waals surface area contributed by atoms with Gasteiger partial charge < -0.3 is 40.2 Å². The first-order valence-corrected chi connectivity index (χ1v) is 46.5. The summed E-state index contributed by atoms with van der Waals surface area (Å²) in [6.07, 6.45) is 0.856. The van der Waals surface area contributed by atoms with Gasteiger partial charge in [0, 0.05) is 61.6 Å². The third-order valence-electron chi connectivity index (χ3n) is 16.8. The molecule has 8 atom stereocenters. The molecule has 4 aliphatic heterocycles. The van der Waals surface area contributed by atoms with Crippen LogP contribution in [-0.4, -0.2) is 192 Å². The highest BCUT2D eigenvalue weighted by atomic mass is 32.3. The Kier molecular flexibility index (Phi) is 25.5. The van der Waals surface area contributed by atoms with Crippen LogP contribution in [0.1, 0.15) is 140 Å². The summed E-state index contributed by atoms with van der Waals surface area (Å²) in [7, 11) is -32.0. The molecular formula is C55H86N6O20S12. The Morgan fingerprint density at radius 1 is 0.409 bits per heavy atom. The van der Waals surface area contributed by atoms with Crippen LogP contribution in [0.5, 0.6) is 0 Å². The molecule has 4 aliphatic rings. The van der Waals surface area contributed by atoms with Crippen LogP contribution in [0.3, 0.4) is 0 Å². The van der Waals surface area contributed by atoms with E-state index in [9.17, 15) is 67.3 Å². The van der Waals surface area contributed by atoms with Gasteiger partial charge in [0.15, 0.2) is 59.0 Å². The molecule has 528 valence electrons. The average Bonchev–Trinajstić information content (AvgIpc) is 1.66. The van der Waals surface area contributed by atoms with Gasteiger partial charge in [-0.25, -0.2) is 76.8 Å². The molecule has 0 aliphatic carbocycles. The van der Waals surface area contributed by atoms with E-state index in [1.54, 1.807) is 27.7 Å². The van der Waals surface area contributed by atoms with Crippen molar-refractivity contribution in [3.8, 4) is 0 Å². The molecule has 0 radical (unpaired) electrons. The lowest BCUT2D eigenvalue weighted by Gasteiger charge is -2.33. The molecular weight excluding hydrogens is 1450 g/mol. The predicted molar refractivity (Wildman–Crippen MR) is 357 cm³/mol. The Labute approximate surface area is 564 Å². The Balaban J connectivity index is 1.01. The van der Waals surface area contributed by atoms with E-state index >= 15 is 0 Å². The molecule has 38 heteroatoms. The molecule has 26 nitrogen and oxygen atoms in total. The summed E-state index contributed by atoms with van der Waals surface area (Å²) in [5.74, 6) is -0.899. The Morgan fingerprint density at radius 3 is 0.925 bits per heavy atom. The number of hydrogen-bond donors (Lipinski definition) is 6. The van der Waals surface area contributed by atoms with E-state index in [1.165, 1.54) is 24.3 Å². The van der Waals surface area contributed by atoms with Crippen LogP contribution in [0.15, 0.2) is 57.9 Å². The van der Waals surface area contributed by atoms with Crippen LogP contribution in [-0.2, 0) is 98.0 Å². The summed E-state index contributed by atoms with van der Waals surface area (Å²) < 4.78 is 247. The van der Waals surface area contributed by atoms with Crippen LogP contribution < -0.4 is 30.7 Å². The molecule has 0 bridgehead atoms. The van der Waals surface area contributed by atoms with Crippen molar-refractivity contribution in [1.29, 1.82) is 0 Å². The second-order valence-corrected chi connectivity index (χ2v) is 47.0. The third kappa shape index (κ3) is 17.1. The maximum atomic E-state index is 13.9. The van der Waals surface area contributed by atoms with Crippen molar-refractivity contribution in [2.24, 2.45) is 5.41 Å². The zero-order valence-electron chi connectivity index (χ0n) is 53.0. The zero-order valence-corrected chi connectivity index (χ0v) is 62.8. The molecule has 0 aromatic carbocycles. The molecule has 0 saturated carbocycles. The fourth-order valence-corrected chi connectivity index (χ4v) is 32.6. The largest absolute Gasteiger partial charge is 0.381 e. The number of thiophene rings is 4. The first-order valence-electron chi connectivity index (χ1n) is 30.7. The molecule has 8 rings (SSSR count). The van der Waals surface area contributed by atoms with Crippen molar-refractivity contribution < 1.29 is 86.3 Å². The van der Waals surface area contributed by atoms with E-state index in [0.717, 1.165) is 0 Å². The van der Waals surface area contributed by atoms with E-state index in [0.29, 0.717) is 93.8 Å². The summed E-state index contributed by atoms with van der Waals surface area (Å²) in [4.78, 5) is 0. The molecule has 6 N–H and O–H groups in total. The van der Waals surface area contributed by atoms with Crippen molar-refractivity contribution in [1.82, 2.24) is 30.7 Å². The maximum Gasteiger partial charge on any atom is 0.250 e. The number of rotatable bonds is 36. The predicted octanol–water partition coefficient (Wildman–Crippen LogP) is 4.84. The number of ether oxygens (including phenoxy) is 4. The van der Waals surface area contributed by atoms with Crippen molar-refractivity contribution in [2.75, 3.05) is 104 Å². The van der Waals surface area contributed by atoms with Crippen molar-refractivity contribution in [3.05, 3.63) is 46.5 Å². The van der Waals surface area contributed by atoms with Crippen molar-refractivity contribution >= 4 is 124 Å². The second-order valence-electron chi connectivity index (χ2n) is 23.9. The normalized spacial score (nSPS) is 24.3. The van der Waals surface area contributed by atoms with Gasteiger partial charge in [-0.1, -0.05) is 27.7 Å². The minimum atomic E-state index is -4.31. The van der Waals surface area contributed by atoms with Crippen LogP contribution in [0.2, 0.25) is 0 Å². The molecule has 0 amide bonds. The van der Waals surface area contributed by atoms with Gasteiger partial charge in [0.1, 0.15) is 33.7 Å². The Bertz CT molecular complexity index is 3700. The highest BCUT2D eigenvalue weighted by Gasteiger charge is 2.44. The number of hydrogen-bond acceptors (Lipinski definition) is 28. The average molecular weight is 1540 g/mol. The molecule has 93 heavy (non-hydrogen) atoms. The van der Waals surface area contributed by atoms with Gasteiger partial charge in [0.25, 0.3) is 0 Å². The van der Waals surface area contributed by atoms with Crippen molar-refractivity contribution in [3.63, 3.8) is 0 Å². The molecule has 8 heterocycles. The second kappa shape index (κ2) is 30.9. The number of sulfonamides is 2. The first kappa shape index (κ1) is 76.7. The lowest BCUT2D eigenvalue weighted by Crippen LogP contribution is -2.43. The van der Waals surface area contributed by atoms with E-state index in [2.05, 4.69) is 30.7 Å². The van der Waals surface area contributed by atoms with Crippen LogP contribution in [0, 0.1) is 5.41 Å². The topological polar surface area (TPSA) is 382 Å². The van der Waals surface area contributed by atoms with Gasteiger partial charge >= 0.3 is 0 Å². The standard InChI is InChI=1S/C55H86N6O20S12/c1-9-56-43-23-35(5)88(66,67)51-39(43)27-47(82-51)86(62,63)21-13-17-78-31-55(32-79-18-14-22-87(64,65)48-28-40-44(57-10-2)24-36(6)89(68,69)52(40)83-48,33-80-19-15-60-92(74,75)49-29-41-45(58-11-3)25-37(7)90(70,71)53(41)84-49)34-81-20-16-61-93(76,77)50-30-42-46(59-12-4)26-38(8)91(72,73)54(42)85-50/h27-30,35-38,43-46,56-61H,9-26,31-34H2,1-8H3/t35-,36-,37-,38-,43-,44-,45-,46-/m0/s1. The lowest BCUT2D eigenvalue weighted by molar-refractivity contribution is -0.105. The smallest absolute Gasteiger partial charge is 0.250 e. The minimum absolute atomic E-state index is 0.000329. The minimum Gasteiger partial charge on any atom is -0.381 e. The molecule has 0 saturated heterocycles. The van der Waals surface area contributed by atoms with E-state index in [4.69, 9.17) is 18.9 Å². The fourth-order valence-electron chi connectivity index (χ4n) is 11.7.